The summed E-state index contributed by atoms with van der Waals surface area (Å²) >= 11 is 0. The van der Waals surface area contributed by atoms with Crippen LogP contribution in [0.1, 0.15) is 75.7 Å². The monoisotopic (exact) mass is 616 g/mol. The van der Waals surface area contributed by atoms with E-state index in [4.69, 9.17) is 23.7 Å². The SMILES string of the molecule is Cc1ccc(C(=O)OC[C@H]2O[C@@H](n3cc(C#CCCOC4CCCCO4)c(=O)[nH]c3=O)C[C@@H]2OC(=O)c2ccc(C)cc2)cc1. The van der Waals surface area contributed by atoms with Gasteiger partial charge in [-0.2, -0.15) is 0 Å². The van der Waals surface area contributed by atoms with E-state index in [-0.39, 0.29) is 24.9 Å². The number of rotatable bonds is 9. The van der Waals surface area contributed by atoms with Gasteiger partial charge in [-0.3, -0.25) is 14.3 Å². The standard InChI is InChI=1S/C34H36N2O9/c1-22-9-13-24(14-10-22)32(38)43-21-28-27(45-33(39)25-15-11-23(2)12-16-25)19-29(44-28)36-20-26(31(37)35-34(36)40)7-3-5-17-41-30-8-4-6-18-42-30/h9-16,20,27-30H,4-6,8,17-19,21H2,1-2H3,(H,35,37,40)/t27-,28+,29+,30?/m0/s1. The number of aromatic nitrogens is 2. The Morgan fingerprint density at radius 1 is 0.978 bits per heavy atom. The van der Waals surface area contributed by atoms with Crippen LogP contribution >= 0.6 is 0 Å². The van der Waals surface area contributed by atoms with Crippen molar-refractivity contribution in [2.24, 2.45) is 0 Å². The first-order valence-corrected chi connectivity index (χ1v) is 15.0. The number of hydrogen-bond donors (Lipinski definition) is 1. The Morgan fingerprint density at radius 3 is 2.33 bits per heavy atom. The fourth-order valence-electron chi connectivity index (χ4n) is 5.00. The Bertz CT molecular complexity index is 1660. The van der Waals surface area contributed by atoms with Gasteiger partial charge in [0.1, 0.15) is 30.6 Å². The summed E-state index contributed by atoms with van der Waals surface area (Å²) in [7, 11) is 0. The van der Waals surface area contributed by atoms with Crippen LogP contribution in [0.4, 0.5) is 0 Å². The van der Waals surface area contributed by atoms with Crippen LogP contribution in [-0.4, -0.2) is 59.8 Å². The van der Waals surface area contributed by atoms with Crippen molar-refractivity contribution in [3.8, 4) is 11.8 Å². The first-order chi connectivity index (χ1) is 21.8. The molecule has 1 aromatic heterocycles. The maximum Gasteiger partial charge on any atom is 0.338 e. The van der Waals surface area contributed by atoms with Gasteiger partial charge in [0.25, 0.3) is 5.56 Å². The molecule has 3 aromatic rings. The summed E-state index contributed by atoms with van der Waals surface area (Å²) in [6.07, 6.45) is 1.77. The molecule has 0 radical (unpaired) electrons. The summed E-state index contributed by atoms with van der Waals surface area (Å²) in [5.41, 5.74) is 1.40. The smallest absolute Gasteiger partial charge is 0.338 e. The van der Waals surface area contributed by atoms with Gasteiger partial charge < -0.3 is 23.7 Å². The average molecular weight is 617 g/mol. The van der Waals surface area contributed by atoms with E-state index < -0.39 is 41.6 Å². The fourth-order valence-corrected chi connectivity index (χ4v) is 5.00. The van der Waals surface area contributed by atoms with Gasteiger partial charge in [-0.1, -0.05) is 47.2 Å². The van der Waals surface area contributed by atoms with Crippen molar-refractivity contribution in [3.63, 3.8) is 0 Å². The first-order valence-electron chi connectivity index (χ1n) is 15.0. The van der Waals surface area contributed by atoms with E-state index in [0.29, 0.717) is 30.8 Å². The van der Waals surface area contributed by atoms with E-state index in [9.17, 15) is 19.2 Å². The molecule has 0 saturated carbocycles. The van der Waals surface area contributed by atoms with Crippen LogP contribution < -0.4 is 11.2 Å². The molecule has 11 nitrogen and oxygen atoms in total. The lowest BCUT2D eigenvalue weighted by Gasteiger charge is -2.22. The molecule has 5 rings (SSSR count). The molecule has 45 heavy (non-hydrogen) atoms. The fraction of sp³-hybridized carbons (Fsp3) is 0.412. The number of benzene rings is 2. The average Bonchev–Trinajstić information content (AvgIpc) is 3.43. The maximum atomic E-state index is 13.0. The second kappa shape index (κ2) is 15.0. The summed E-state index contributed by atoms with van der Waals surface area (Å²) in [4.78, 5) is 53.3. The lowest BCUT2D eigenvalue weighted by atomic mass is 10.1. The highest BCUT2D eigenvalue weighted by molar-refractivity contribution is 5.90. The molecule has 0 spiro atoms. The van der Waals surface area contributed by atoms with Gasteiger partial charge in [0.2, 0.25) is 0 Å². The minimum Gasteiger partial charge on any atom is -0.459 e. The summed E-state index contributed by atoms with van der Waals surface area (Å²) in [5, 5.41) is 0. The molecule has 2 aliphatic heterocycles. The van der Waals surface area contributed by atoms with E-state index in [0.717, 1.165) is 30.4 Å². The van der Waals surface area contributed by atoms with Gasteiger partial charge in [-0.15, -0.1) is 0 Å². The molecule has 2 aromatic carbocycles. The van der Waals surface area contributed by atoms with Crippen LogP contribution in [-0.2, 0) is 23.7 Å². The number of esters is 2. The summed E-state index contributed by atoms with van der Waals surface area (Å²) in [6.45, 7) is 4.61. The maximum absolute atomic E-state index is 13.0. The van der Waals surface area contributed by atoms with Crippen molar-refractivity contribution in [2.45, 2.75) is 70.7 Å². The van der Waals surface area contributed by atoms with Gasteiger partial charge >= 0.3 is 17.6 Å². The van der Waals surface area contributed by atoms with E-state index in [2.05, 4.69) is 16.8 Å². The van der Waals surface area contributed by atoms with E-state index in [1.807, 2.05) is 13.8 Å². The number of ether oxygens (including phenoxy) is 5. The number of aryl methyl sites for hydroxylation is 2. The number of H-pyrrole nitrogens is 1. The quantitative estimate of drug-likeness (QED) is 0.216. The number of carbonyl (C=O) groups excluding carboxylic acids is 2. The van der Waals surface area contributed by atoms with E-state index >= 15 is 0 Å². The molecule has 2 fully saturated rings. The number of nitrogens with zero attached hydrogens (tertiary/aromatic N) is 1. The Balaban J connectivity index is 1.29. The van der Waals surface area contributed by atoms with Crippen molar-refractivity contribution in [1.82, 2.24) is 9.55 Å². The third-order valence-electron chi connectivity index (χ3n) is 7.56. The van der Waals surface area contributed by atoms with Crippen molar-refractivity contribution >= 4 is 11.9 Å². The van der Waals surface area contributed by atoms with Crippen LogP contribution in [0, 0.1) is 25.7 Å². The first kappa shape index (κ1) is 31.9. The topological polar surface area (TPSA) is 135 Å². The van der Waals surface area contributed by atoms with Gasteiger partial charge in [0.05, 0.1) is 17.7 Å². The third kappa shape index (κ3) is 8.57. The van der Waals surface area contributed by atoms with Gasteiger partial charge in [0, 0.05) is 25.6 Å². The molecular weight excluding hydrogens is 580 g/mol. The van der Waals surface area contributed by atoms with Crippen LogP contribution in [0.25, 0.3) is 0 Å². The third-order valence-corrected chi connectivity index (χ3v) is 7.56. The second-order valence-corrected chi connectivity index (χ2v) is 11.1. The number of carbonyl (C=O) groups is 2. The highest BCUT2D eigenvalue weighted by Gasteiger charge is 2.40. The van der Waals surface area contributed by atoms with Gasteiger partial charge in [0.15, 0.2) is 6.29 Å². The van der Waals surface area contributed by atoms with Gasteiger partial charge in [-0.25, -0.2) is 14.4 Å². The van der Waals surface area contributed by atoms with Crippen LogP contribution in [0.3, 0.4) is 0 Å². The molecule has 1 N–H and O–H groups in total. The lowest BCUT2D eigenvalue weighted by Crippen LogP contribution is -2.34. The van der Waals surface area contributed by atoms with Crippen LogP contribution in [0.2, 0.25) is 0 Å². The molecule has 3 heterocycles. The van der Waals surface area contributed by atoms with E-state index in [1.54, 1.807) is 48.5 Å². The molecule has 2 aliphatic rings. The summed E-state index contributed by atoms with van der Waals surface area (Å²) in [5.74, 6) is 4.55. The highest BCUT2D eigenvalue weighted by atomic mass is 16.7. The predicted molar refractivity (Wildman–Crippen MR) is 163 cm³/mol. The number of nitrogens with one attached hydrogen (secondary N) is 1. The van der Waals surface area contributed by atoms with Crippen LogP contribution in [0.5, 0.6) is 0 Å². The van der Waals surface area contributed by atoms with Crippen LogP contribution in [0.15, 0.2) is 64.3 Å². The largest absolute Gasteiger partial charge is 0.459 e. The summed E-state index contributed by atoms with van der Waals surface area (Å²) in [6, 6.07) is 13.8. The Labute approximate surface area is 260 Å². The zero-order valence-corrected chi connectivity index (χ0v) is 25.3. The van der Waals surface area contributed by atoms with Crippen molar-refractivity contribution < 1.29 is 33.3 Å². The molecule has 2 saturated heterocycles. The molecule has 0 amide bonds. The highest BCUT2D eigenvalue weighted by Crippen LogP contribution is 2.31. The molecule has 0 aliphatic carbocycles. The minimum absolute atomic E-state index is 0.0644. The zero-order chi connectivity index (χ0) is 31.8. The number of aromatic amines is 1. The summed E-state index contributed by atoms with van der Waals surface area (Å²) < 4.78 is 29.8. The molecule has 1 unspecified atom stereocenters. The Hall–Kier alpha value is -4.50. The van der Waals surface area contributed by atoms with Gasteiger partial charge in [-0.05, 0) is 57.4 Å². The lowest BCUT2D eigenvalue weighted by molar-refractivity contribution is -0.161. The Kier molecular flexibility index (Phi) is 10.6. The molecule has 4 atom stereocenters. The molecule has 11 heteroatoms. The van der Waals surface area contributed by atoms with Crippen molar-refractivity contribution in [3.05, 3.63) is 103 Å². The van der Waals surface area contributed by atoms with Crippen molar-refractivity contribution in [2.75, 3.05) is 19.8 Å². The van der Waals surface area contributed by atoms with Crippen molar-refractivity contribution in [1.29, 1.82) is 0 Å². The predicted octanol–water partition coefficient (Wildman–Crippen LogP) is 3.81. The molecule has 236 valence electrons. The van der Waals surface area contributed by atoms with E-state index in [1.165, 1.54) is 10.8 Å². The normalized spacial score (nSPS) is 21.0. The number of hydrogen-bond acceptors (Lipinski definition) is 9. The Morgan fingerprint density at radius 2 is 1.67 bits per heavy atom. The second-order valence-electron chi connectivity index (χ2n) is 11.1. The molecular formula is C34H36N2O9. The minimum atomic E-state index is -0.930. The molecule has 0 bridgehead atoms. The zero-order valence-electron chi connectivity index (χ0n) is 25.3.